The van der Waals surface area contributed by atoms with Gasteiger partial charge in [-0.25, -0.2) is 0 Å². The van der Waals surface area contributed by atoms with E-state index in [0.29, 0.717) is 12.0 Å². The van der Waals surface area contributed by atoms with E-state index in [1.807, 2.05) is 6.92 Å². The Morgan fingerprint density at radius 3 is 2.67 bits per heavy atom. The molecule has 3 unspecified atom stereocenters. The summed E-state index contributed by atoms with van der Waals surface area (Å²) in [6.07, 6.45) is 2.02. The molecule has 1 aliphatic heterocycles. The molecule has 21 heavy (non-hydrogen) atoms. The summed E-state index contributed by atoms with van der Waals surface area (Å²) in [5.41, 5.74) is 0.842. The van der Waals surface area contributed by atoms with Gasteiger partial charge in [0.15, 0.2) is 0 Å². The van der Waals surface area contributed by atoms with E-state index in [1.54, 1.807) is 0 Å². The van der Waals surface area contributed by atoms with Crippen LogP contribution in [0.3, 0.4) is 0 Å². The maximum absolute atomic E-state index is 10.3. The van der Waals surface area contributed by atoms with Crippen LogP contribution in [-0.2, 0) is 0 Å². The predicted molar refractivity (Wildman–Crippen MR) is 88.3 cm³/mol. The topological polar surface area (TPSA) is 35.5 Å². The number of aliphatic hydroxyl groups is 1. The van der Waals surface area contributed by atoms with Gasteiger partial charge in [-0.05, 0) is 44.3 Å². The maximum Gasteiger partial charge on any atom is 0.0746 e. The third-order valence-corrected chi connectivity index (χ3v) is 4.45. The minimum atomic E-state index is -0.515. The zero-order chi connectivity index (χ0) is 15.3. The molecular formula is C18H30N2O. The SMILES string of the molecule is CCNC(c1ccccc1)C(C)CN1CCCC(C)(O)C1. The molecule has 1 fully saturated rings. The van der Waals surface area contributed by atoms with E-state index in [1.165, 1.54) is 5.56 Å². The zero-order valence-corrected chi connectivity index (χ0v) is 13.7. The Balaban J connectivity index is 2.00. The Labute approximate surface area is 129 Å². The van der Waals surface area contributed by atoms with E-state index in [0.717, 1.165) is 39.0 Å². The average molecular weight is 290 g/mol. The first-order valence-electron chi connectivity index (χ1n) is 8.25. The number of benzene rings is 1. The minimum Gasteiger partial charge on any atom is -0.389 e. The Kier molecular flexibility index (Phi) is 5.80. The van der Waals surface area contributed by atoms with Crippen LogP contribution in [0.25, 0.3) is 0 Å². The summed E-state index contributed by atoms with van der Waals surface area (Å²) < 4.78 is 0. The van der Waals surface area contributed by atoms with E-state index >= 15 is 0 Å². The van der Waals surface area contributed by atoms with Crippen molar-refractivity contribution in [1.29, 1.82) is 0 Å². The number of hydrogen-bond donors (Lipinski definition) is 2. The summed E-state index contributed by atoms with van der Waals surface area (Å²) in [7, 11) is 0. The first kappa shape index (κ1) is 16.5. The Hall–Kier alpha value is -0.900. The summed E-state index contributed by atoms with van der Waals surface area (Å²) in [6, 6.07) is 11.1. The summed E-state index contributed by atoms with van der Waals surface area (Å²) in [4.78, 5) is 2.42. The molecular weight excluding hydrogens is 260 g/mol. The fourth-order valence-corrected chi connectivity index (χ4v) is 3.52. The first-order chi connectivity index (χ1) is 10.0. The van der Waals surface area contributed by atoms with Gasteiger partial charge in [-0.2, -0.15) is 0 Å². The molecule has 1 aromatic carbocycles. The average Bonchev–Trinajstić information content (AvgIpc) is 2.44. The van der Waals surface area contributed by atoms with Crippen molar-refractivity contribution in [1.82, 2.24) is 10.2 Å². The summed E-state index contributed by atoms with van der Waals surface area (Å²) in [5, 5.41) is 13.9. The second-order valence-corrected chi connectivity index (χ2v) is 6.76. The molecule has 0 saturated carbocycles. The number of nitrogens with one attached hydrogen (secondary N) is 1. The Bertz CT molecular complexity index is 418. The molecule has 3 heteroatoms. The fraction of sp³-hybridized carbons (Fsp3) is 0.667. The third-order valence-electron chi connectivity index (χ3n) is 4.45. The van der Waals surface area contributed by atoms with E-state index in [2.05, 4.69) is 54.4 Å². The molecule has 1 aromatic rings. The van der Waals surface area contributed by atoms with Crippen LogP contribution < -0.4 is 5.32 Å². The Morgan fingerprint density at radius 2 is 2.05 bits per heavy atom. The van der Waals surface area contributed by atoms with E-state index in [9.17, 15) is 5.11 Å². The van der Waals surface area contributed by atoms with Crippen LogP contribution >= 0.6 is 0 Å². The zero-order valence-electron chi connectivity index (χ0n) is 13.7. The van der Waals surface area contributed by atoms with Gasteiger partial charge in [0.1, 0.15) is 0 Å². The van der Waals surface area contributed by atoms with Gasteiger partial charge in [0, 0.05) is 19.1 Å². The summed E-state index contributed by atoms with van der Waals surface area (Å²) >= 11 is 0. The van der Waals surface area contributed by atoms with Crippen LogP contribution in [-0.4, -0.2) is 41.8 Å². The van der Waals surface area contributed by atoms with Crippen molar-refractivity contribution < 1.29 is 5.11 Å². The van der Waals surface area contributed by atoms with E-state index in [-0.39, 0.29) is 0 Å². The van der Waals surface area contributed by atoms with Crippen molar-refractivity contribution in [2.75, 3.05) is 26.2 Å². The Morgan fingerprint density at radius 1 is 1.33 bits per heavy atom. The highest BCUT2D eigenvalue weighted by Gasteiger charge is 2.30. The number of β-amino-alcohol motifs (C(OH)–C–C–N with tert-alkyl or cyclic N) is 1. The molecule has 0 radical (unpaired) electrons. The van der Waals surface area contributed by atoms with E-state index < -0.39 is 5.60 Å². The third kappa shape index (κ3) is 4.80. The summed E-state index contributed by atoms with van der Waals surface area (Å²) in [6.45, 7) is 10.3. The number of likely N-dealkylation sites (tertiary alicyclic amines) is 1. The monoisotopic (exact) mass is 290 g/mol. The van der Waals surface area contributed by atoms with E-state index in [4.69, 9.17) is 0 Å². The van der Waals surface area contributed by atoms with Crippen molar-refractivity contribution in [3.8, 4) is 0 Å². The van der Waals surface area contributed by atoms with Crippen LogP contribution in [0.5, 0.6) is 0 Å². The maximum atomic E-state index is 10.3. The lowest BCUT2D eigenvalue weighted by Gasteiger charge is -2.39. The highest BCUT2D eigenvalue weighted by Crippen LogP contribution is 2.26. The van der Waals surface area contributed by atoms with Crippen molar-refractivity contribution in [2.24, 2.45) is 5.92 Å². The van der Waals surface area contributed by atoms with Gasteiger partial charge in [0.2, 0.25) is 0 Å². The second kappa shape index (κ2) is 7.39. The van der Waals surface area contributed by atoms with Gasteiger partial charge in [-0.15, -0.1) is 0 Å². The van der Waals surface area contributed by atoms with Crippen LogP contribution in [0, 0.1) is 5.92 Å². The fourth-order valence-electron chi connectivity index (χ4n) is 3.52. The van der Waals surface area contributed by atoms with Gasteiger partial charge in [0.05, 0.1) is 5.60 Å². The smallest absolute Gasteiger partial charge is 0.0746 e. The minimum absolute atomic E-state index is 0.378. The predicted octanol–water partition coefficient (Wildman–Crippen LogP) is 2.82. The molecule has 0 bridgehead atoms. The second-order valence-electron chi connectivity index (χ2n) is 6.76. The van der Waals surface area contributed by atoms with Gasteiger partial charge in [0.25, 0.3) is 0 Å². The van der Waals surface area contributed by atoms with Crippen molar-refractivity contribution >= 4 is 0 Å². The normalized spacial score (nSPS) is 26.5. The molecule has 3 nitrogen and oxygen atoms in total. The largest absolute Gasteiger partial charge is 0.389 e. The lowest BCUT2D eigenvalue weighted by atomic mass is 9.91. The molecule has 3 atom stereocenters. The number of piperidine rings is 1. The highest BCUT2D eigenvalue weighted by molar-refractivity contribution is 5.19. The number of rotatable bonds is 6. The van der Waals surface area contributed by atoms with Crippen LogP contribution in [0.15, 0.2) is 30.3 Å². The molecule has 1 aliphatic rings. The molecule has 0 spiro atoms. The highest BCUT2D eigenvalue weighted by atomic mass is 16.3. The van der Waals surface area contributed by atoms with Gasteiger partial charge >= 0.3 is 0 Å². The van der Waals surface area contributed by atoms with Gasteiger partial charge in [-0.1, -0.05) is 44.2 Å². The summed E-state index contributed by atoms with van der Waals surface area (Å²) in [5.74, 6) is 0.515. The standard InChI is InChI=1S/C18H30N2O/c1-4-19-17(16-9-6-5-7-10-16)15(2)13-20-12-8-11-18(3,21)14-20/h5-7,9-10,15,17,19,21H,4,8,11-14H2,1-3H3. The molecule has 1 heterocycles. The number of nitrogens with zero attached hydrogens (tertiary/aromatic N) is 1. The van der Waals surface area contributed by atoms with Gasteiger partial charge in [-0.3, -0.25) is 0 Å². The molecule has 2 rings (SSSR count). The molecule has 118 valence electrons. The van der Waals surface area contributed by atoms with Crippen molar-refractivity contribution in [3.05, 3.63) is 35.9 Å². The lowest BCUT2D eigenvalue weighted by molar-refractivity contribution is -0.0206. The molecule has 2 N–H and O–H groups in total. The molecule has 0 aliphatic carbocycles. The van der Waals surface area contributed by atoms with Crippen molar-refractivity contribution in [3.63, 3.8) is 0 Å². The molecule has 0 aromatic heterocycles. The van der Waals surface area contributed by atoms with Crippen LogP contribution in [0.1, 0.15) is 45.2 Å². The van der Waals surface area contributed by atoms with Crippen molar-refractivity contribution in [2.45, 2.75) is 45.3 Å². The first-order valence-corrected chi connectivity index (χ1v) is 8.25. The molecule has 1 saturated heterocycles. The van der Waals surface area contributed by atoms with Gasteiger partial charge < -0.3 is 15.3 Å². The molecule has 0 amide bonds. The lowest BCUT2D eigenvalue weighted by Crippen LogP contribution is -2.48. The number of hydrogen-bond acceptors (Lipinski definition) is 3. The van der Waals surface area contributed by atoms with Crippen LogP contribution in [0.4, 0.5) is 0 Å². The van der Waals surface area contributed by atoms with Crippen LogP contribution in [0.2, 0.25) is 0 Å². The quantitative estimate of drug-likeness (QED) is 0.845.